The van der Waals surface area contributed by atoms with E-state index in [1.807, 2.05) is 6.07 Å². The standard InChI is InChI=1S/C17H19N3O4S/c1-25(23,24)20-6-5-12(10-20)7-15-9-16(19-11-18-15)13-3-2-4-14(8-13)17(21)22/h2-4,8-9,11-12H,5-7,10H2,1H3,(H,21,22). The van der Waals surface area contributed by atoms with Gasteiger partial charge in [0.2, 0.25) is 10.0 Å². The number of hydrogen-bond acceptors (Lipinski definition) is 5. The lowest BCUT2D eigenvalue weighted by molar-refractivity contribution is 0.0697. The predicted octanol–water partition coefficient (Wildman–Crippen LogP) is 1.67. The molecule has 8 heteroatoms. The Morgan fingerprint density at radius 3 is 2.80 bits per heavy atom. The van der Waals surface area contributed by atoms with Crippen LogP contribution in [0.25, 0.3) is 11.3 Å². The van der Waals surface area contributed by atoms with Crippen LogP contribution in [0.1, 0.15) is 22.5 Å². The Morgan fingerprint density at radius 1 is 1.32 bits per heavy atom. The third-order valence-electron chi connectivity index (χ3n) is 4.34. The summed E-state index contributed by atoms with van der Waals surface area (Å²) in [6, 6.07) is 8.44. The molecule has 3 rings (SSSR count). The van der Waals surface area contributed by atoms with Crippen molar-refractivity contribution >= 4 is 16.0 Å². The minimum absolute atomic E-state index is 0.206. The van der Waals surface area contributed by atoms with Crippen LogP contribution in [0, 0.1) is 5.92 Å². The van der Waals surface area contributed by atoms with Gasteiger partial charge in [0, 0.05) is 24.3 Å². The lowest BCUT2D eigenvalue weighted by Gasteiger charge is -2.13. The van der Waals surface area contributed by atoms with E-state index in [2.05, 4.69) is 9.97 Å². The van der Waals surface area contributed by atoms with Crippen LogP contribution in [0.15, 0.2) is 36.7 Å². The summed E-state index contributed by atoms with van der Waals surface area (Å²) in [4.78, 5) is 19.6. The molecular weight excluding hydrogens is 342 g/mol. The molecule has 1 fully saturated rings. The van der Waals surface area contributed by atoms with Crippen LogP contribution in [-0.4, -0.2) is 53.1 Å². The van der Waals surface area contributed by atoms with E-state index in [0.29, 0.717) is 30.8 Å². The number of aromatic carboxylic acids is 1. The molecule has 1 N–H and O–H groups in total. The van der Waals surface area contributed by atoms with Gasteiger partial charge in [-0.1, -0.05) is 12.1 Å². The molecule has 1 unspecified atom stereocenters. The normalized spacial score (nSPS) is 18.4. The molecule has 0 amide bonds. The Bertz CT molecular complexity index is 898. The van der Waals surface area contributed by atoms with Gasteiger partial charge in [0.1, 0.15) is 6.33 Å². The summed E-state index contributed by atoms with van der Waals surface area (Å²) in [6.45, 7) is 1.05. The first-order valence-electron chi connectivity index (χ1n) is 7.92. The molecule has 0 bridgehead atoms. The van der Waals surface area contributed by atoms with Crippen LogP contribution >= 0.6 is 0 Å². The molecule has 2 aromatic rings. The topological polar surface area (TPSA) is 100 Å². The molecule has 1 atom stereocenters. The molecule has 0 aliphatic carbocycles. The first-order chi connectivity index (χ1) is 11.8. The van der Waals surface area contributed by atoms with Crippen LogP contribution in [0.5, 0.6) is 0 Å². The first-order valence-corrected chi connectivity index (χ1v) is 9.77. The molecule has 1 aromatic carbocycles. The quantitative estimate of drug-likeness (QED) is 0.869. The Labute approximate surface area is 146 Å². The Kier molecular flexibility index (Phi) is 4.82. The van der Waals surface area contributed by atoms with Gasteiger partial charge in [-0.25, -0.2) is 27.5 Å². The summed E-state index contributed by atoms with van der Waals surface area (Å²) in [7, 11) is -3.15. The number of rotatable bonds is 5. The van der Waals surface area contributed by atoms with Crippen molar-refractivity contribution in [2.75, 3.05) is 19.3 Å². The molecule has 2 heterocycles. The highest BCUT2D eigenvalue weighted by molar-refractivity contribution is 7.88. The van der Waals surface area contributed by atoms with Crippen molar-refractivity contribution < 1.29 is 18.3 Å². The molecule has 1 saturated heterocycles. The van der Waals surface area contributed by atoms with Gasteiger partial charge in [0.05, 0.1) is 17.5 Å². The SMILES string of the molecule is CS(=O)(=O)N1CCC(Cc2cc(-c3cccc(C(=O)O)c3)ncn2)C1. The largest absolute Gasteiger partial charge is 0.478 e. The minimum Gasteiger partial charge on any atom is -0.478 e. The highest BCUT2D eigenvalue weighted by Crippen LogP contribution is 2.24. The third kappa shape index (κ3) is 4.21. The Balaban J connectivity index is 1.77. The van der Waals surface area contributed by atoms with E-state index in [1.54, 1.807) is 18.2 Å². The summed E-state index contributed by atoms with van der Waals surface area (Å²) >= 11 is 0. The average Bonchev–Trinajstić information content (AvgIpc) is 3.04. The van der Waals surface area contributed by atoms with E-state index in [0.717, 1.165) is 12.1 Å². The fourth-order valence-corrected chi connectivity index (χ4v) is 3.96. The molecule has 25 heavy (non-hydrogen) atoms. The predicted molar refractivity (Wildman–Crippen MR) is 92.7 cm³/mol. The number of benzene rings is 1. The smallest absolute Gasteiger partial charge is 0.335 e. The zero-order valence-corrected chi connectivity index (χ0v) is 14.6. The van der Waals surface area contributed by atoms with Crippen LogP contribution in [-0.2, 0) is 16.4 Å². The van der Waals surface area contributed by atoms with Gasteiger partial charge < -0.3 is 5.11 Å². The number of sulfonamides is 1. The zero-order valence-electron chi connectivity index (χ0n) is 13.8. The maximum atomic E-state index is 11.6. The van der Waals surface area contributed by atoms with E-state index in [4.69, 9.17) is 5.11 Å². The summed E-state index contributed by atoms with van der Waals surface area (Å²) in [6.07, 6.45) is 4.16. The van der Waals surface area contributed by atoms with Gasteiger partial charge in [-0.3, -0.25) is 0 Å². The van der Waals surface area contributed by atoms with Crippen molar-refractivity contribution in [1.29, 1.82) is 0 Å². The second-order valence-corrected chi connectivity index (χ2v) is 8.24. The average molecular weight is 361 g/mol. The van der Waals surface area contributed by atoms with Crippen molar-refractivity contribution in [1.82, 2.24) is 14.3 Å². The van der Waals surface area contributed by atoms with Gasteiger partial charge >= 0.3 is 5.97 Å². The Morgan fingerprint density at radius 2 is 2.12 bits per heavy atom. The number of carbonyl (C=O) groups is 1. The molecule has 132 valence electrons. The fraction of sp³-hybridized carbons (Fsp3) is 0.353. The van der Waals surface area contributed by atoms with Crippen LogP contribution in [0.4, 0.5) is 0 Å². The monoisotopic (exact) mass is 361 g/mol. The summed E-state index contributed by atoms with van der Waals surface area (Å²) in [5.41, 5.74) is 2.40. The highest BCUT2D eigenvalue weighted by atomic mass is 32.2. The van der Waals surface area contributed by atoms with Crippen LogP contribution < -0.4 is 0 Å². The van der Waals surface area contributed by atoms with Gasteiger partial charge in [-0.05, 0) is 37.0 Å². The second-order valence-electron chi connectivity index (χ2n) is 6.26. The van der Waals surface area contributed by atoms with E-state index < -0.39 is 16.0 Å². The highest BCUT2D eigenvalue weighted by Gasteiger charge is 2.28. The zero-order chi connectivity index (χ0) is 18.0. The van der Waals surface area contributed by atoms with Gasteiger partial charge in [-0.2, -0.15) is 0 Å². The molecule has 1 aliphatic rings. The number of hydrogen-bond donors (Lipinski definition) is 1. The molecule has 0 saturated carbocycles. The first kappa shape index (κ1) is 17.5. The van der Waals surface area contributed by atoms with Crippen molar-refractivity contribution in [3.05, 3.63) is 47.9 Å². The Hall–Kier alpha value is -2.32. The van der Waals surface area contributed by atoms with Crippen LogP contribution in [0.2, 0.25) is 0 Å². The molecule has 1 aromatic heterocycles. The lowest BCUT2D eigenvalue weighted by Crippen LogP contribution is -2.27. The molecule has 0 radical (unpaired) electrons. The number of carboxylic acids is 1. The van der Waals surface area contributed by atoms with Gasteiger partial charge in [-0.15, -0.1) is 0 Å². The summed E-state index contributed by atoms with van der Waals surface area (Å²) < 4.78 is 24.7. The molecule has 1 aliphatic heterocycles. The van der Waals surface area contributed by atoms with E-state index in [9.17, 15) is 13.2 Å². The van der Waals surface area contributed by atoms with Crippen LogP contribution in [0.3, 0.4) is 0 Å². The number of aromatic nitrogens is 2. The molecule has 7 nitrogen and oxygen atoms in total. The summed E-state index contributed by atoms with van der Waals surface area (Å²) in [5.74, 6) is -0.759. The second kappa shape index (κ2) is 6.89. The van der Waals surface area contributed by atoms with Gasteiger partial charge in [0.25, 0.3) is 0 Å². The molecule has 0 spiro atoms. The number of carboxylic acid groups (broad SMARTS) is 1. The van der Waals surface area contributed by atoms with Crippen molar-refractivity contribution in [2.24, 2.45) is 5.92 Å². The molecular formula is C17H19N3O4S. The van der Waals surface area contributed by atoms with E-state index in [1.165, 1.54) is 23.0 Å². The number of nitrogens with zero attached hydrogens (tertiary/aromatic N) is 3. The van der Waals surface area contributed by atoms with Gasteiger partial charge in [0.15, 0.2) is 0 Å². The minimum atomic E-state index is -3.15. The fourth-order valence-electron chi connectivity index (χ4n) is 3.04. The maximum absolute atomic E-state index is 11.6. The maximum Gasteiger partial charge on any atom is 0.335 e. The lowest BCUT2D eigenvalue weighted by atomic mass is 10.0. The van der Waals surface area contributed by atoms with Crippen molar-refractivity contribution in [2.45, 2.75) is 12.8 Å². The van der Waals surface area contributed by atoms with Crippen molar-refractivity contribution in [3.8, 4) is 11.3 Å². The van der Waals surface area contributed by atoms with E-state index in [-0.39, 0.29) is 11.5 Å². The third-order valence-corrected chi connectivity index (χ3v) is 5.61. The summed E-state index contributed by atoms with van der Waals surface area (Å²) in [5, 5.41) is 9.10. The van der Waals surface area contributed by atoms with Crippen molar-refractivity contribution in [3.63, 3.8) is 0 Å². The van der Waals surface area contributed by atoms with E-state index >= 15 is 0 Å².